The van der Waals surface area contributed by atoms with Crippen molar-refractivity contribution in [2.45, 2.75) is 32.2 Å². The summed E-state index contributed by atoms with van der Waals surface area (Å²) in [4.78, 5) is 7.29. The predicted molar refractivity (Wildman–Crippen MR) is 127 cm³/mol. The molecule has 32 heavy (non-hydrogen) atoms. The van der Waals surface area contributed by atoms with Crippen molar-refractivity contribution < 1.29 is 4.74 Å². The first-order valence-electron chi connectivity index (χ1n) is 11.2. The van der Waals surface area contributed by atoms with E-state index in [9.17, 15) is 0 Å². The standard InChI is InChI=1S/C25H32N6O/c1-19-28-29-24(30(19)2)17-27-25(26-15-13-20-9-11-23(32-3)12-10-20)31-16-14-22(18-31)21-7-5-4-6-8-21/h4-12,22H,13-18H2,1-3H3,(H,26,27). The van der Waals surface area contributed by atoms with Crippen molar-refractivity contribution in [3.05, 3.63) is 77.4 Å². The molecule has 0 spiro atoms. The zero-order chi connectivity index (χ0) is 22.3. The molecule has 0 aliphatic carbocycles. The molecule has 1 aliphatic heterocycles. The number of rotatable bonds is 7. The van der Waals surface area contributed by atoms with E-state index in [0.717, 1.165) is 55.8 Å². The minimum atomic E-state index is 0.509. The Kier molecular flexibility index (Phi) is 7.04. The highest BCUT2D eigenvalue weighted by molar-refractivity contribution is 5.80. The van der Waals surface area contributed by atoms with Gasteiger partial charge in [0.1, 0.15) is 18.1 Å². The number of ether oxygens (including phenoxy) is 1. The zero-order valence-corrected chi connectivity index (χ0v) is 19.2. The molecule has 0 bridgehead atoms. The van der Waals surface area contributed by atoms with E-state index in [0.29, 0.717) is 12.5 Å². The number of aryl methyl sites for hydroxylation is 1. The van der Waals surface area contributed by atoms with Crippen molar-refractivity contribution in [1.29, 1.82) is 0 Å². The molecule has 1 atom stereocenters. The normalized spacial score (nSPS) is 16.4. The number of hydrogen-bond acceptors (Lipinski definition) is 4. The van der Waals surface area contributed by atoms with Crippen LogP contribution in [0, 0.1) is 6.92 Å². The first-order valence-corrected chi connectivity index (χ1v) is 11.2. The quantitative estimate of drug-likeness (QED) is 0.458. The minimum absolute atomic E-state index is 0.509. The Bertz CT molecular complexity index is 1030. The fourth-order valence-electron chi connectivity index (χ4n) is 4.06. The lowest BCUT2D eigenvalue weighted by Crippen LogP contribution is -2.41. The molecule has 2 heterocycles. The number of aromatic nitrogens is 3. The number of nitrogens with one attached hydrogen (secondary N) is 1. The summed E-state index contributed by atoms with van der Waals surface area (Å²) in [5, 5.41) is 12.0. The van der Waals surface area contributed by atoms with Gasteiger partial charge in [-0.1, -0.05) is 42.5 Å². The maximum atomic E-state index is 5.26. The lowest BCUT2D eigenvalue weighted by atomic mass is 9.99. The Balaban J connectivity index is 1.43. The second-order valence-electron chi connectivity index (χ2n) is 8.23. The number of nitrogens with zero attached hydrogens (tertiary/aromatic N) is 5. The third-order valence-electron chi connectivity index (χ3n) is 6.17. The van der Waals surface area contributed by atoms with Crippen molar-refractivity contribution in [2.24, 2.45) is 12.0 Å². The van der Waals surface area contributed by atoms with Crippen LogP contribution in [0.25, 0.3) is 0 Å². The molecule has 0 saturated carbocycles. The van der Waals surface area contributed by atoms with E-state index in [1.807, 2.05) is 30.7 Å². The third-order valence-corrected chi connectivity index (χ3v) is 6.17. The average molecular weight is 433 g/mol. The number of likely N-dealkylation sites (tertiary alicyclic amines) is 1. The Morgan fingerprint density at radius 1 is 1.12 bits per heavy atom. The van der Waals surface area contributed by atoms with E-state index in [2.05, 4.69) is 62.9 Å². The van der Waals surface area contributed by atoms with Crippen LogP contribution in [-0.2, 0) is 20.0 Å². The molecule has 7 nitrogen and oxygen atoms in total. The van der Waals surface area contributed by atoms with E-state index < -0.39 is 0 Å². The minimum Gasteiger partial charge on any atom is -0.497 e. The summed E-state index contributed by atoms with van der Waals surface area (Å²) in [7, 11) is 3.68. The van der Waals surface area contributed by atoms with E-state index in [1.54, 1.807) is 7.11 Å². The molecule has 7 heteroatoms. The topological polar surface area (TPSA) is 67.6 Å². The SMILES string of the molecule is COc1ccc(CCNC(=NCc2nnc(C)n2C)N2CCC(c3ccccc3)C2)cc1. The zero-order valence-electron chi connectivity index (χ0n) is 19.2. The van der Waals surface area contributed by atoms with Gasteiger partial charge in [0.25, 0.3) is 0 Å². The summed E-state index contributed by atoms with van der Waals surface area (Å²) in [6.45, 7) is 5.24. The summed E-state index contributed by atoms with van der Waals surface area (Å²) in [5.41, 5.74) is 2.67. The van der Waals surface area contributed by atoms with Gasteiger partial charge in [-0.15, -0.1) is 10.2 Å². The molecule has 1 aromatic heterocycles. The number of methoxy groups -OCH3 is 1. The predicted octanol–water partition coefficient (Wildman–Crippen LogP) is 3.31. The van der Waals surface area contributed by atoms with Gasteiger partial charge < -0.3 is 19.5 Å². The number of hydrogen-bond donors (Lipinski definition) is 1. The number of guanidine groups is 1. The highest BCUT2D eigenvalue weighted by Gasteiger charge is 2.26. The number of benzene rings is 2. The summed E-state index contributed by atoms with van der Waals surface area (Å²) < 4.78 is 7.25. The van der Waals surface area contributed by atoms with Crippen molar-refractivity contribution in [3.63, 3.8) is 0 Å². The lowest BCUT2D eigenvalue weighted by Gasteiger charge is -2.22. The monoisotopic (exact) mass is 432 g/mol. The second-order valence-corrected chi connectivity index (χ2v) is 8.23. The fraction of sp³-hybridized carbons (Fsp3) is 0.400. The van der Waals surface area contributed by atoms with Crippen molar-refractivity contribution in [2.75, 3.05) is 26.7 Å². The molecule has 1 unspecified atom stereocenters. The molecule has 3 aromatic rings. The van der Waals surface area contributed by atoms with Crippen molar-refractivity contribution >= 4 is 5.96 Å². The molecule has 1 aliphatic rings. The van der Waals surface area contributed by atoms with Crippen LogP contribution in [-0.4, -0.2) is 52.4 Å². The van der Waals surface area contributed by atoms with Gasteiger partial charge in [-0.05, 0) is 43.0 Å². The van der Waals surface area contributed by atoms with Crippen molar-refractivity contribution in [1.82, 2.24) is 25.0 Å². The Morgan fingerprint density at radius 3 is 2.59 bits per heavy atom. The maximum Gasteiger partial charge on any atom is 0.194 e. The highest BCUT2D eigenvalue weighted by atomic mass is 16.5. The molecule has 4 rings (SSSR count). The van der Waals surface area contributed by atoms with Gasteiger partial charge in [0.05, 0.1) is 7.11 Å². The van der Waals surface area contributed by atoms with Crippen LogP contribution in [0.5, 0.6) is 5.75 Å². The van der Waals surface area contributed by atoms with E-state index in [1.165, 1.54) is 11.1 Å². The summed E-state index contributed by atoms with van der Waals surface area (Å²) >= 11 is 0. The largest absolute Gasteiger partial charge is 0.497 e. The average Bonchev–Trinajstić information content (AvgIpc) is 3.45. The molecule has 1 saturated heterocycles. The van der Waals surface area contributed by atoms with Crippen LogP contribution in [0.1, 0.15) is 35.1 Å². The summed E-state index contributed by atoms with van der Waals surface area (Å²) in [6, 6.07) is 19.0. The fourth-order valence-corrected chi connectivity index (χ4v) is 4.06. The molecular formula is C25H32N6O. The molecule has 168 valence electrons. The van der Waals surface area contributed by atoms with Crippen molar-refractivity contribution in [3.8, 4) is 5.75 Å². The molecule has 0 radical (unpaired) electrons. The van der Waals surface area contributed by atoms with Gasteiger partial charge in [-0.3, -0.25) is 0 Å². The first kappa shape index (κ1) is 21.9. The van der Waals surface area contributed by atoms with Gasteiger partial charge in [0.15, 0.2) is 11.8 Å². The number of aliphatic imine (C=N–C) groups is 1. The van der Waals surface area contributed by atoms with Crippen LogP contribution >= 0.6 is 0 Å². The lowest BCUT2D eigenvalue weighted by molar-refractivity contribution is 0.414. The summed E-state index contributed by atoms with van der Waals surface area (Å²) in [6.07, 6.45) is 2.05. The molecule has 2 aromatic carbocycles. The first-order chi connectivity index (χ1) is 15.6. The van der Waals surface area contributed by atoms with Gasteiger partial charge in [-0.2, -0.15) is 0 Å². The smallest absolute Gasteiger partial charge is 0.194 e. The Labute approximate surface area is 190 Å². The van der Waals surface area contributed by atoms with Gasteiger partial charge in [0.2, 0.25) is 0 Å². The second kappa shape index (κ2) is 10.3. The van der Waals surface area contributed by atoms with Crippen LogP contribution in [0.4, 0.5) is 0 Å². The van der Waals surface area contributed by atoms with Crippen LogP contribution in [0.3, 0.4) is 0 Å². The van der Waals surface area contributed by atoms with E-state index in [4.69, 9.17) is 9.73 Å². The highest BCUT2D eigenvalue weighted by Crippen LogP contribution is 2.27. The molecule has 0 amide bonds. The van der Waals surface area contributed by atoms with Crippen LogP contribution in [0.15, 0.2) is 59.6 Å². The molecule has 1 fully saturated rings. The van der Waals surface area contributed by atoms with Gasteiger partial charge in [-0.25, -0.2) is 4.99 Å². The van der Waals surface area contributed by atoms with E-state index >= 15 is 0 Å². The van der Waals surface area contributed by atoms with Gasteiger partial charge >= 0.3 is 0 Å². The van der Waals surface area contributed by atoms with E-state index in [-0.39, 0.29) is 0 Å². The maximum absolute atomic E-state index is 5.26. The third kappa shape index (κ3) is 5.28. The molecular weight excluding hydrogens is 400 g/mol. The molecule has 1 N–H and O–H groups in total. The summed E-state index contributed by atoms with van der Waals surface area (Å²) in [5.74, 6) is 4.12. The van der Waals surface area contributed by atoms with Crippen LogP contribution < -0.4 is 10.1 Å². The van der Waals surface area contributed by atoms with Crippen LogP contribution in [0.2, 0.25) is 0 Å². The Hall–Kier alpha value is -3.35. The van der Waals surface area contributed by atoms with Gasteiger partial charge in [0, 0.05) is 32.6 Å². The Morgan fingerprint density at radius 2 is 1.91 bits per heavy atom.